The SMILES string of the molecule is O=C(O)NCCOCCOCCOC(=O)NCCNC(=O)CCCC[C@@H]1SC[C@@H]2NC(=O)N[C@@H]21. The first-order chi connectivity index (χ1) is 16.5. The average molecular weight is 506 g/mol. The standard InChI is InChI=1S/C20H35N5O8S/c26-16(4-2-1-3-15-17-14(13-34-15)24-18(27)25-17)21-5-6-23-20(30)33-12-11-32-10-9-31-8-7-22-19(28)29/h14-15,17,22H,1-13H2,(H,21,26)(H,23,30)(H,28,29)(H2,24,25,27)/t14-,15-,17-/m0/s1. The van der Waals surface area contributed by atoms with E-state index in [1.165, 1.54) is 0 Å². The van der Waals surface area contributed by atoms with Crippen molar-refractivity contribution >= 4 is 35.9 Å². The van der Waals surface area contributed by atoms with Crippen molar-refractivity contribution < 1.29 is 38.5 Å². The number of urea groups is 1. The fourth-order valence-corrected chi connectivity index (χ4v) is 5.07. The van der Waals surface area contributed by atoms with Crippen molar-refractivity contribution in [3.8, 4) is 0 Å². The van der Waals surface area contributed by atoms with Crippen molar-refractivity contribution in [1.29, 1.82) is 0 Å². The molecule has 0 radical (unpaired) electrons. The Hall–Kier alpha value is -2.45. The summed E-state index contributed by atoms with van der Waals surface area (Å²) < 4.78 is 15.3. The molecule has 2 aliphatic rings. The highest BCUT2D eigenvalue weighted by Crippen LogP contribution is 2.33. The van der Waals surface area contributed by atoms with E-state index in [2.05, 4.69) is 26.6 Å². The van der Waals surface area contributed by atoms with Crippen LogP contribution >= 0.6 is 11.8 Å². The number of unbranched alkanes of at least 4 members (excludes halogenated alkanes) is 1. The molecule has 0 spiro atoms. The number of carbonyl (C=O) groups excluding carboxylic acids is 3. The van der Waals surface area contributed by atoms with Gasteiger partial charge in [-0.25, -0.2) is 14.4 Å². The molecule has 194 valence electrons. The van der Waals surface area contributed by atoms with E-state index in [4.69, 9.17) is 19.3 Å². The molecule has 3 atom stereocenters. The molecule has 5 amide bonds. The zero-order valence-electron chi connectivity index (χ0n) is 19.1. The second kappa shape index (κ2) is 16.2. The van der Waals surface area contributed by atoms with Gasteiger partial charge in [-0.05, 0) is 12.8 Å². The highest BCUT2D eigenvalue weighted by Gasteiger charge is 2.42. The zero-order valence-corrected chi connectivity index (χ0v) is 20.0. The van der Waals surface area contributed by atoms with E-state index in [0.717, 1.165) is 25.0 Å². The van der Waals surface area contributed by atoms with Gasteiger partial charge in [0, 0.05) is 37.1 Å². The highest BCUT2D eigenvalue weighted by molar-refractivity contribution is 8.00. The smallest absolute Gasteiger partial charge is 0.407 e. The number of nitrogens with one attached hydrogen (secondary N) is 5. The second-order valence-corrected chi connectivity index (χ2v) is 9.01. The topological polar surface area (TPSA) is 176 Å². The number of hydrogen-bond acceptors (Lipinski definition) is 8. The lowest BCUT2D eigenvalue weighted by Gasteiger charge is -2.16. The molecule has 2 rings (SSSR count). The van der Waals surface area contributed by atoms with E-state index >= 15 is 0 Å². The normalized spacial score (nSPS) is 20.7. The Morgan fingerprint density at radius 3 is 2.47 bits per heavy atom. The van der Waals surface area contributed by atoms with Crippen molar-refractivity contribution in [1.82, 2.24) is 26.6 Å². The first-order valence-electron chi connectivity index (χ1n) is 11.4. The summed E-state index contributed by atoms with van der Waals surface area (Å²) in [6, 6.07) is 0.326. The van der Waals surface area contributed by atoms with Gasteiger partial charge in [0.25, 0.3) is 0 Å². The maximum atomic E-state index is 11.9. The van der Waals surface area contributed by atoms with E-state index in [-0.39, 0.29) is 56.9 Å². The third-order valence-electron chi connectivity index (χ3n) is 5.15. The number of carbonyl (C=O) groups is 4. The van der Waals surface area contributed by atoms with Gasteiger partial charge in [-0.2, -0.15) is 11.8 Å². The Labute approximate surface area is 202 Å². The molecule has 0 aliphatic carbocycles. The van der Waals surface area contributed by atoms with Crippen molar-refractivity contribution in [3.63, 3.8) is 0 Å². The molecule has 2 saturated heterocycles. The first kappa shape index (κ1) is 27.8. The number of alkyl carbamates (subject to hydrolysis) is 1. The number of amides is 5. The minimum absolute atomic E-state index is 0.0580. The summed E-state index contributed by atoms with van der Waals surface area (Å²) in [5.74, 6) is 0.874. The fourth-order valence-electron chi connectivity index (χ4n) is 3.53. The van der Waals surface area contributed by atoms with Gasteiger partial charge in [0.05, 0.1) is 38.5 Å². The van der Waals surface area contributed by atoms with Crippen molar-refractivity contribution in [2.45, 2.75) is 43.0 Å². The number of fused-ring (bicyclic) bond motifs is 1. The molecule has 6 N–H and O–H groups in total. The molecule has 13 nitrogen and oxygen atoms in total. The number of rotatable bonds is 17. The summed E-state index contributed by atoms with van der Waals surface area (Å²) in [4.78, 5) is 45.1. The maximum absolute atomic E-state index is 11.9. The van der Waals surface area contributed by atoms with Crippen LogP contribution in [0.4, 0.5) is 14.4 Å². The van der Waals surface area contributed by atoms with Gasteiger partial charge < -0.3 is 45.9 Å². The summed E-state index contributed by atoms with van der Waals surface area (Å²) in [5.41, 5.74) is 0. The van der Waals surface area contributed by atoms with Crippen LogP contribution in [0.25, 0.3) is 0 Å². The van der Waals surface area contributed by atoms with Gasteiger partial charge >= 0.3 is 18.2 Å². The molecule has 0 saturated carbocycles. The summed E-state index contributed by atoms with van der Waals surface area (Å²) in [7, 11) is 0. The maximum Gasteiger partial charge on any atom is 0.407 e. The van der Waals surface area contributed by atoms with E-state index < -0.39 is 12.2 Å². The largest absolute Gasteiger partial charge is 0.465 e. The van der Waals surface area contributed by atoms with Crippen LogP contribution in [0.1, 0.15) is 25.7 Å². The average Bonchev–Trinajstić information content (AvgIpc) is 3.34. The van der Waals surface area contributed by atoms with Crippen LogP contribution in [0, 0.1) is 0 Å². The number of thioether (sulfide) groups is 1. The molecule has 34 heavy (non-hydrogen) atoms. The van der Waals surface area contributed by atoms with E-state index in [1.54, 1.807) is 0 Å². The minimum atomic E-state index is -1.10. The molecule has 0 aromatic rings. The number of hydrogen-bond donors (Lipinski definition) is 6. The third kappa shape index (κ3) is 11.6. The van der Waals surface area contributed by atoms with Gasteiger partial charge in [0.15, 0.2) is 0 Å². The predicted octanol–water partition coefficient (Wildman–Crippen LogP) is -0.145. The zero-order chi connectivity index (χ0) is 24.6. The van der Waals surface area contributed by atoms with Crippen molar-refractivity contribution in [2.75, 3.05) is 58.4 Å². The van der Waals surface area contributed by atoms with Gasteiger partial charge in [0.2, 0.25) is 5.91 Å². The monoisotopic (exact) mass is 505 g/mol. The molecule has 0 bridgehead atoms. The molecule has 14 heteroatoms. The van der Waals surface area contributed by atoms with Crippen LogP contribution in [-0.2, 0) is 19.0 Å². The molecular formula is C20H35N5O8S. The number of carboxylic acid groups (broad SMARTS) is 1. The Bertz CT molecular complexity index is 671. The summed E-state index contributed by atoms with van der Waals surface area (Å²) >= 11 is 1.87. The van der Waals surface area contributed by atoms with Crippen LogP contribution < -0.4 is 26.6 Å². The highest BCUT2D eigenvalue weighted by atomic mass is 32.2. The molecule has 2 fully saturated rings. The van der Waals surface area contributed by atoms with Crippen molar-refractivity contribution in [3.05, 3.63) is 0 Å². The second-order valence-electron chi connectivity index (χ2n) is 7.74. The fraction of sp³-hybridized carbons (Fsp3) is 0.800. The minimum Gasteiger partial charge on any atom is -0.465 e. The molecule has 2 heterocycles. The molecule has 2 aliphatic heterocycles. The van der Waals surface area contributed by atoms with Gasteiger partial charge in [-0.15, -0.1) is 0 Å². The van der Waals surface area contributed by atoms with Gasteiger partial charge in [0.1, 0.15) is 6.61 Å². The van der Waals surface area contributed by atoms with Gasteiger partial charge in [-0.3, -0.25) is 4.79 Å². The predicted molar refractivity (Wildman–Crippen MR) is 124 cm³/mol. The van der Waals surface area contributed by atoms with E-state index in [1.807, 2.05) is 11.8 Å². The number of ether oxygens (including phenoxy) is 3. The lowest BCUT2D eigenvalue weighted by atomic mass is 10.0. The molecule has 0 unspecified atom stereocenters. The van der Waals surface area contributed by atoms with Crippen LogP contribution in [0.3, 0.4) is 0 Å². The lowest BCUT2D eigenvalue weighted by molar-refractivity contribution is -0.121. The van der Waals surface area contributed by atoms with Crippen LogP contribution in [0.15, 0.2) is 0 Å². The molecule has 0 aromatic heterocycles. The Kier molecular flexibility index (Phi) is 13.3. The summed E-state index contributed by atoms with van der Waals surface area (Å²) in [6.45, 7) is 1.95. The van der Waals surface area contributed by atoms with Crippen LogP contribution in [0.5, 0.6) is 0 Å². The summed E-state index contributed by atoms with van der Waals surface area (Å²) in [5, 5.41) is 22.2. The van der Waals surface area contributed by atoms with E-state index in [9.17, 15) is 19.2 Å². The first-order valence-corrected chi connectivity index (χ1v) is 12.5. The van der Waals surface area contributed by atoms with Crippen LogP contribution in [-0.4, -0.2) is 105 Å². The Balaban J connectivity index is 1.33. The Morgan fingerprint density at radius 1 is 0.941 bits per heavy atom. The third-order valence-corrected chi connectivity index (χ3v) is 6.66. The quantitative estimate of drug-likeness (QED) is 0.116. The van der Waals surface area contributed by atoms with Crippen molar-refractivity contribution in [2.24, 2.45) is 0 Å². The summed E-state index contributed by atoms with van der Waals surface area (Å²) in [6.07, 6.45) is 1.41. The lowest BCUT2D eigenvalue weighted by Crippen LogP contribution is -2.36. The van der Waals surface area contributed by atoms with E-state index in [0.29, 0.717) is 31.4 Å². The Morgan fingerprint density at radius 2 is 1.68 bits per heavy atom. The van der Waals surface area contributed by atoms with Crippen LogP contribution in [0.2, 0.25) is 0 Å². The molecular weight excluding hydrogens is 470 g/mol. The molecule has 0 aromatic carbocycles. The van der Waals surface area contributed by atoms with Gasteiger partial charge in [-0.1, -0.05) is 6.42 Å².